The van der Waals surface area contributed by atoms with E-state index < -0.39 is 0 Å². The van der Waals surface area contributed by atoms with Crippen LogP contribution in [-0.2, 0) is 0 Å². The first-order chi connectivity index (χ1) is 9.92. The summed E-state index contributed by atoms with van der Waals surface area (Å²) in [7, 11) is 1.60. The van der Waals surface area contributed by atoms with Gasteiger partial charge in [0, 0.05) is 10.7 Å². The molecule has 3 N–H and O–H groups in total. The molecular weight excluding hydrogens is 306 g/mol. The van der Waals surface area contributed by atoms with Crippen LogP contribution in [-0.4, -0.2) is 17.1 Å². The maximum Gasteiger partial charge on any atom is 0.142 e. The lowest BCUT2D eigenvalue weighted by Crippen LogP contribution is -2.15. The van der Waals surface area contributed by atoms with Crippen LogP contribution < -0.4 is 15.8 Å². The van der Waals surface area contributed by atoms with Crippen LogP contribution in [0.25, 0.3) is 0 Å². The molecule has 110 valence electrons. The van der Waals surface area contributed by atoms with Crippen LogP contribution in [0.2, 0.25) is 5.02 Å². The highest BCUT2D eigenvalue weighted by molar-refractivity contribution is 7.80. The summed E-state index contributed by atoms with van der Waals surface area (Å²) in [5, 5.41) is 3.80. The van der Waals surface area contributed by atoms with Gasteiger partial charge in [-0.05, 0) is 43.7 Å². The highest BCUT2D eigenvalue weighted by atomic mass is 35.5. The van der Waals surface area contributed by atoms with E-state index in [9.17, 15) is 0 Å². The Morgan fingerprint density at radius 2 is 2.05 bits per heavy atom. The van der Waals surface area contributed by atoms with Gasteiger partial charge in [-0.1, -0.05) is 23.8 Å². The van der Waals surface area contributed by atoms with E-state index in [2.05, 4.69) is 10.3 Å². The Hall–Kier alpha value is -1.85. The van der Waals surface area contributed by atoms with Gasteiger partial charge in [0.05, 0.1) is 18.4 Å². The second-order valence-corrected chi connectivity index (χ2v) is 5.51. The molecule has 2 aromatic rings. The van der Waals surface area contributed by atoms with Gasteiger partial charge in [0.25, 0.3) is 0 Å². The number of hydrogen-bond donors (Lipinski definition) is 2. The van der Waals surface area contributed by atoms with Crippen molar-refractivity contribution in [2.75, 3.05) is 12.4 Å². The number of methoxy groups -OCH3 is 1. The summed E-state index contributed by atoms with van der Waals surface area (Å²) in [6.07, 6.45) is 0. The zero-order valence-corrected chi connectivity index (χ0v) is 13.6. The van der Waals surface area contributed by atoms with Crippen molar-refractivity contribution in [2.45, 2.75) is 13.8 Å². The monoisotopic (exact) mass is 321 g/mol. The molecular formula is C15H16ClN3OS. The summed E-state index contributed by atoms with van der Waals surface area (Å²) in [5.74, 6) is 1.26. The molecule has 1 aromatic heterocycles. The third kappa shape index (κ3) is 3.43. The molecule has 1 aromatic carbocycles. The van der Waals surface area contributed by atoms with E-state index in [1.165, 1.54) is 0 Å². The first-order valence-corrected chi connectivity index (χ1v) is 7.09. The van der Waals surface area contributed by atoms with Crippen LogP contribution in [0.15, 0.2) is 24.3 Å². The molecule has 0 fully saturated rings. The number of benzene rings is 1. The summed E-state index contributed by atoms with van der Waals surface area (Å²) < 4.78 is 5.32. The van der Waals surface area contributed by atoms with Crippen molar-refractivity contribution in [3.63, 3.8) is 0 Å². The normalized spacial score (nSPS) is 10.3. The highest BCUT2D eigenvalue weighted by Gasteiger charge is 2.13. The Kier molecular flexibility index (Phi) is 4.65. The third-order valence-electron chi connectivity index (χ3n) is 3.01. The average Bonchev–Trinajstić information content (AvgIpc) is 2.37. The number of pyridine rings is 1. The molecule has 0 spiro atoms. The van der Waals surface area contributed by atoms with Crippen molar-refractivity contribution in [1.29, 1.82) is 0 Å². The average molecular weight is 322 g/mol. The van der Waals surface area contributed by atoms with Crippen molar-refractivity contribution < 1.29 is 4.74 Å². The fourth-order valence-electron chi connectivity index (χ4n) is 2.14. The first kappa shape index (κ1) is 15.5. The maximum absolute atomic E-state index is 6.04. The summed E-state index contributed by atoms with van der Waals surface area (Å²) in [6.45, 7) is 3.86. The number of aromatic nitrogens is 1. The molecule has 0 aliphatic heterocycles. The van der Waals surface area contributed by atoms with Crippen molar-refractivity contribution in [3.8, 4) is 5.75 Å². The number of thiocarbonyl (C=S) groups is 1. The minimum Gasteiger partial charge on any atom is -0.495 e. The zero-order valence-electron chi connectivity index (χ0n) is 12.0. The predicted molar refractivity (Wildman–Crippen MR) is 90.9 cm³/mol. The second-order valence-electron chi connectivity index (χ2n) is 4.64. The summed E-state index contributed by atoms with van der Waals surface area (Å²) in [4.78, 5) is 4.77. The van der Waals surface area contributed by atoms with Crippen LogP contribution >= 0.6 is 23.8 Å². The molecule has 0 aliphatic rings. The van der Waals surface area contributed by atoms with E-state index in [4.69, 9.17) is 34.3 Å². The minimum absolute atomic E-state index is 0.295. The van der Waals surface area contributed by atoms with Crippen molar-refractivity contribution in [3.05, 3.63) is 46.1 Å². The van der Waals surface area contributed by atoms with Gasteiger partial charge in [-0.15, -0.1) is 0 Å². The number of nitrogens with zero attached hydrogens (tertiary/aromatic N) is 1. The molecule has 0 bridgehead atoms. The highest BCUT2D eigenvalue weighted by Crippen LogP contribution is 2.31. The van der Waals surface area contributed by atoms with Gasteiger partial charge in [-0.25, -0.2) is 4.98 Å². The Balaban J connectivity index is 2.53. The molecule has 0 amide bonds. The van der Waals surface area contributed by atoms with E-state index >= 15 is 0 Å². The Morgan fingerprint density at radius 1 is 1.33 bits per heavy atom. The molecule has 1 heterocycles. The van der Waals surface area contributed by atoms with Crippen LogP contribution in [0.3, 0.4) is 0 Å². The molecule has 0 radical (unpaired) electrons. The number of nitrogens with two attached hydrogens (primary N) is 1. The molecule has 4 nitrogen and oxygen atoms in total. The zero-order chi connectivity index (χ0) is 15.6. The molecule has 21 heavy (non-hydrogen) atoms. The van der Waals surface area contributed by atoms with Crippen LogP contribution in [0, 0.1) is 13.8 Å². The van der Waals surface area contributed by atoms with Gasteiger partial charge in [-0.2, -0.15) is 0 Å². The van der Waals surface area contributed by atoms with Crippen molar-refractivity contribution >= 4 is 40.3 Å². The van der Waals surface area contributed by atoms with Crippen molar-refractivity contribution in [2.24, 2.45) is 5.73 Å². The lowest BCUT2D eigenvalue weighted by Gasteiger charge is -2.16. The number of halogens is 1. The van der Waals surface area contributed by atoms with Gasteiger partial charge in [0.2, 0.25) is 0 Å². The number of ether oxygens (including phenoxy) is 1. The fourth-order valence-corrected chi connectivity index (χ4v) is 2.57. The van der Waals surface area contributed by atoms with Crippen LogP contribution in [0.1, 0.15) is 16.8 Å². The largest absolute Gasteiger partial charge is 0.495 e. The van der Waals surface area contributed by atoms with Gasteiger partial charge < -0.3 is 15.8 Å². The Labute approximate surface area is 134 Å². The number of aryl methyl sites for hydroxylation is 2. The molecule has 0 unspecified atom stereocenters. The topological polar surface area (TPSA) is 60.2 Å². The summed E-state index contributed by atoms with van der Waals surface area (Å²) in [6, 6.07) is 7.25. The summed E-state index contributed by atoms with van der Waals surface area (Å²) >= 11 is 11.2. The van der Waals surface area contributed by atoms with E-state index in [-0.39, 0.29) is 0 Å². The van der Waals surface area contributed by atoms with Gasteiger partial charge in [0.1, 0.15) is 16.6 Å². The molecule has 2 rings (SSSR count). The SMILES string of the molecule is COc1ccc(Cl)cc1Nc1nc(C)cc(C)c1C(N)=S. The second kappa shape index (κ2) is 6.28. The van der Waals surface area contributed by atoms with Gasteiger partial charge in [0.15, 0.2) is 0 Å². The van der Waals surface area contributed by atoms with E-state index in [0.29, 0.717) is 27.3 Å². The summed E-state index contributed by atoms with van der Waals surface area (Å²) in [5.41, 5.74) is 9.08. The quantitative estimate of drug-likeness (QED) is 0.840. The number of anilines is 2. The third-order valence-corrected chi connectivity index (χ3v) is 3.44. The molecule has 6 heteroatoms. The Morgan fingerprint density at radius 3 is 2.67 bits per heavy atom. The Bertz CT molecular complexity index is 704. The maximum atomic E-state index is 6.04. The van der Waals surface area contributed by atoms with E-state index in [1.54, 1.807) is 25.3 Å². The lowest BCUT2D eigenvalue weighted by atomic mass is 10.1. The number of rotatable bonds is 4. The smallest absolute Gasteiger partial charge is 0.142 e. The molecule has 0 saturated heterocycles. The van der Waals surface area contributed by atoms with E-state index in [0.717, 1.165) is 16.8 Å². The number of nitrogens with one attached hydrogen (secondary N) is 1. The molecule has 0 saturated carbocycles. The molecule has 0 aliphatic carbocycles. The van der Waals surface area contributed by atoms with Crippen LogP contribution in [0.4, 0.5) is 11.5 Å². The number of hydrogen-bond acceptors (Lipinski definition) is 4. The lowest BCUT2D eigenvalue weighted by molar-refractivity contribution is 0.417. The van der Waals surface area contributed by atoms with Gasteiger partial charge in [-0.3, -0.25) is 0 Å². The van der Waals surface area contributed by atoms with Gasteiger partial charge >= 0.3 is 0 Å². The van der Waals surface area contributed by atoms with Crippen molar-refractivity contribution in [1.82, 2.24) is 4.98 Å². The standard InChI is InChI=1S/C15H16ClN3OS/c1-8-6-9(2)18-15(13(8)14(17)21)19-11-7-10(16)4-5-12(11)20-3/h4-7H,1-3H3,(H2,17,21)(H,18,19). The van der Waals surface area contributed by atoms with Crippen LogP contribution in [0.5, 0.6) is 5.75 Å². The first-order valence-electron chi connectivity index (χ1n) is 6.31. The van der Waals surface area contributed by atoms with E-state index in [1.807, 2.05) is 19.9 Å². The minimum atomic E-state index is 0.295. The fraction of sp³-hybridized carbons (Fsp3) is 0.200. The molecule has 0 atom stereocenters. The predicted octanol–water partition coefficient (Wildman–Crippen LogP) is 3.74.